The zero-order chi connectivity index (χ0) is 17.5. The SMILES string of the molecule is CCc1cccc(C)c1NC(=O)C(CC)Oc1ccccc1OC. The van der Waals surface area contributed by atoms with Crippen molar-refractivity contribution in [3.8, 4) is 11.5 Å². The van der Waals surface area contributed by atoms with Gasteiger partial charge in [0.15, 0.2) is 17.6 Å². The number of carbonyl (C=O) groups excluding carboxylic acids is 1. The minimum atomic E-state index is -0.578. The van der Waals surface area contributed by atoms with Crippen molar-refractivity contribution >= 4 is 11.6 Å². The molecule has 0 saturated carbocycles. The van der Waals surface area contributed by atoms with Crippen molar-refractivity contribution in [2.45, 2.75) is 39.7 Å². The summed E-state index contributed by atoms with van der Waals surface area (Å²) in [6.07, 6.45) is 0.851. The number of anilines is 1. The van der Waals surface area contributed by atoms with E-state index >= 15 is 0 Å². The van der Waals surface area contributed by atoms with Gasteiger partial charge in [0.2, 0.25) is 0 Å². The fourth-order valence-electron chi connectivity index (χ4n) is 2.60. The smallest absolute Gasteiger partial charge is 0.265 e. The molecule has 2 aromatic rings. The Hall–Kier alpha value is -2.49. The third-order valence-electron chi connectivity index (χ3n) is 3.99. The van der Waals surface area contributed by atoms with Gasteiger partial charge >= 0.3 is 0 Å². The summed E-state index contributed by atoms with van der Waals surface area (Å²) in [5.74, 6) is 1.05. The molecule has 2 aromatic carbocycles. The first-order chi connectivity index (χ1) is 11.6. The third-order valence-corrected chi connectivity index (χ3v) is 3.99. The lowest BCUT2D eigenvalue weighted by Crippen LogP contribution is -2.33. The molecule has 1 amide bonds. The molecule has 0 aliphatic rings. The molecular formula is C20H25NO3. The van der Waals surface area contributed by atoms with Gasteiger partial charge in [-0.25, -0.2) is 0 Å². The minimum absolute atomic E-state index is 0.146. The minimum Gasteiger partial charge on any atom is -0.493 e. The van der Waals surface area contributed by atoms with E-state index in [4.69, 9.17) is 9.47 Å². The molecule has 0 radical (unpaired) electrons. The number of benzene rings is 2. The monoisotopic (exact) mass is 327 g/mol. The summed E-state index contributed by atoms with van der Waals surface area (Å²) in [6.45, 7) is 6.00. The highest BCUT2D eigenvalue weighted by atomic mass is 16.5. The lowest BCUT2D eigenvalue weighted by Gasteiger charge is -2.20. The number of amides is 1. The molecule has 1 N–H and O–H groups in total. The highest BCUT2D eigenvalue weighted by Crippen LogP contribution is 2.28. The first-order valence-corrected chi connectivity index (χ1v) is 8.29. The molecule has 0 heterocycles. The molecule has 0 fully saturated rings. The van der Waals surface area contributed by atoms with Gasteiger partial charge in [0, 0.05) is 5.69 Å². The molecular weight excluding hydrogens is 302 g/mol. The number of rotatable bonds is 7. The predicted molar refractivity (Wildman–Crippen MR) is 96.9 cm³/mol. The Balaban J connectivity index is 2.18. The number of carbonyl (C=O) groups is 1. The van der Waals surface area contributed by atoms with Crippen molar-refractivity contribution in [2.75, 3.05) is 12.4 Å². The zero-order valence-electron chi connectivity index (χ0n) is 14.8. The van der Waals surface area contributed by atoms with Crippen molar-refractivity contribution in [2.24, 2.45) is 0 Å². The first-order valence-electron chi connectivity index (χ1n) is 8.29. The Morgan fingerprint density at radius 1 is 1.08 bits per heavy atom. The van der Waals surface area contributed by atoms with Crippen LogP contribution in [0.5, 0.6) is 11.5 Å². The van der Waals surface area contributed by atoms with Crippen molar-refractivity contribution in [3.05, 3.63) is 53.6 Å². The summed E-state index contributed by atoms with van der Waals surface area (Å²) < 4.78 is 11.2. The Labute approximate surface area is 143 Å². The Bertz CT molecular complexity index is 697. The molecule has 4 nitrogen and oxygen atoms in total. The number of hydrogen-bond donors (Lipinski definition) is 1. The summed E-state index contributed by atoms with van der Waals surface area (Å²) in [6, 6.07) is 13.4. The number of aryl methyl sites for hydroxylation is 2. The van der Waals surface area contributed by atoms with E-state index in [0.29, 0.717) is 17.9 Å². The summed E-state index contributed by atoms with van der Waals surface area (Å²) in [5.41, 5.74) is 3.05. The van der Waals surface area contributed by atoms with Gasteiger partial charge < -0.3 is 14.8 Å². The highest BCUT2D eigenvalue weighted by Gasteiger charge is 2.21. The molecule has 4 heteroatoms. The Morgan fingerprint density at radius 2 is 1.79 bits per heavy atom. The van der Waals surface area contributed by atoms with Crippen LogP contribution in [0.1, 0.15) is 31.4 Å². The van der Waals surface area contributed by atoms with Crippen LogP contribution >= 0.6 is 0 Å². The molecule has 128 valence electrons. The first kappa shape index (κ1) is 17.9. The van der Waals surface area contributed by atoms with E-state index in [9.17, 15) is 4.79 Å². The van der Waals surface area contributed by atoms with Gasteiger partial charge in [-0.2, -0.15) is 0 Å². The van der Waals surface area contributed by atoms with Gasteiger partial charge in [-0.1, -0.05) is 44.2 Å². The lowest BCUT2D eigenvalue weighted by atomic mass is 10.1. The Kier molecular flexibility index (Phi) is 6.24. The molecule has 0 spiro atoms. The van der Waals surface area contributed by atoms with E-state index in [1.165, 1.54) is 0 Å². The maximum atomic E-state index is 12.7. The predicted octanol–water partition coefficient (Wildman–Crippen LogP) is 4.36. The number of para-hydroxylation sites is 3. The van der Waals surface area contributed by atoms with Crippen LogP contribution < -0.4 is 14.8 Å². The molecule has 1 unspecified atom stereocenters. The normalized spacial score (nSPS) is 11.7. The van der Waals surface area contributed by atoms with Crippen molar-refractivity contribution < 1.29 is 14.3 Å². The van der Waals surface area contributed by atoms with Gasteiger partial charge in [0.25, 0.3) is 5.91 Å². The van der Waals surface area contributed by atoms with E-state index in [2.05, 4.69) is 12.2 Å². The van der Waals surface area contributed by atoms with Crippen LogP contribution in [0.25, 0.3) is 0 Å². The van der Waals surface area contributed by atoms with Crippen LogP contribution in [-0.2, 0) is 11.2 Å². The summed E-state index contributed by atoms with van der Waals surface area (Å²) in [5, 5.41) is 3.03. The number of methoxy groups -OCH3 is 1. The van der Waals surface area contributed by atoms with Gasteiger partial charge in [0.05, 0.1) is 7.11 Å². The van der Waals surface area contributed by atoms with Crippen LogP contribution in [0.15, 0.2) is 42.5 Å². The maximum Gasteiger partial charge on any atom is 0.265 e. The van der Waals surface area contributed by atoms with Crippen molar-refractivity contribution in [3.63, 3.8) is 0 Å². The van der Waals surface area contributed by atoms with Crippen LogP contribution in [0.3, 0.4) is 0 Å². The molecule has 1 atom stereocenters. The standard InChI is InChI=1S/C20H25NO3/c1-5-15-11-9-10-14(3)19(15)21-20(22)16(6-2)24-18-13-8-7-12-17(18)23-4/h7-13,16H,5-6H2,1-4H3,(H,21,22). The number of hydrogen-bond acceptors (Lipinski definition) is 3. The fraction of sp³-hybridized carbons (Fsp3) is 0.350. The zero-order valence-corrected chi connectivity index (χ0v) is 14.8. The van der Waals surface area contributed by atoms with Gasteiger partial charge in [-0.3, -0.25) is 4.79 Å². The van der Waals surface area contributed by atoms with E-state index in [1.807, 2.05) is 50.2 Å². The van der Waals surface area contributed by atoms with E-state index < -0.39 is 6.10 Å². The molecule has 0 aliphatic heterocycles. The van der Waals surface area contributed by atoms with E-state index in [1.54, 1.807) is 13.2 Å². The van der Waals surface area contributed by atoms with Gasteiger partial charge in [-0.15, -0.1) is 0 Å². The van der Waals surface area contributed by atoms with Crippen LogP contribution in [0.4, 0.5) is 5.69 Å². The second-order valence-corrected chi connectivity index (χ2v) is 5.62. The number of ether oxygens (including phenoxy) is 2. The molecule has 0 saturated heterocycles. The van der Waals surface area contributed by atoms with Crippen LogP contribution in [0.2, 0.25) is 0 Å². The molecule has 0 aromatic heterocycles. The second kappa shape index (κ2) is 8.39. The largest absolute Gasteiger partial charge is 0.493 e. The second-order valence-electron chi connectivity index (χ2n) is 5.62. The maximum absolute atomic E-state index is 12.7. The molecule has 0 aliphatic carbocycles. The summed E-state index contributed by atoms with van der Waals surface area (Å²) in [4.78, 5) is 12.7. The van der Waals surface area contributed by atoms with E-state index in [-0.39, 0.29) is 5.91 Å². The Morgan fingerprint density at radius 3 is 2.42 bits per heavy atom. The quantitative estimate of drug-likeness (QED) is 0.822. The van der Waals surface area contributed by atoms with Crippen molar-refractivity contribution in [1.82, 2.24) is 0 Å². The van der Waals surface area contributed by atoms with Gasteiger partial charge in [-0.05, 0) is 43.0 Å². The molecule has 0 bridgehead atoms. The molecule has 2 rings (SSSR count). The van der Waals surface area contributed by atoms with E-state index in [0.717, 1.165) is 23.2 Å². The molecule has 24 heavy (non-hydrogen) atoms. The van der Waals surface area contributed by atoms with Crippen LogP contribution in [-0.4, -0.2) is 19.1 Å². The average molecular weight is 327 g/mol. The summed E-state index contributed by atoms with van der Waals surface area (Å²) in [7, 11) is 1.59. The third kappa shape index (κ3) is 4.07. The fourth-order valence-corrected chi connectivity index (χ4v) is 2.60. The number of nitrogens with one attached hydrogen (secondary N) is 1. The van der Waals surface area contributed by atoms with Gasteiger partial charge in [0.1, 0.15) is 0 Å². The lowest BCUT2D eigenvalue weighted by molar-refractivity contribution is -0.122. The summed E-state index contributed by atoms with van der Waals surface area (Å²) >= 11 is 0. The topological polar surface area (TPSA) is 47.6 Å². The average Bonchev–Trinajstić information content (AvgIpc) is 2.61. The van der Waals surface area contributed by atoms with Crippen molar-refractivity contribution in [1.29, 1.82) is 0 Å². The highest BCUT2D eigenvalue weighted by molar-refractivity contribution is 5.95. The van der Waals surface area contributed by atoms with Crippen LogP contribution in [0, 0.1) is 6.92 Å².